The van der Waals surface area contributed by atoms with Gasteiger partial charge in [0, 0.05) is 11.6 Å². The molecule has 0 radical (unpaired) electrons. The van der Waals surface area contributed by atoms with Gasteiger partial charge in [-0.2, -0.15) is 13.2 Å². The minimum absolute atomic E-state index is 0.0537. The predicted octanol–water partition coefficient (Wildman–Crippen LogP) is 4.10. The van der Waals surface area contributed by atoms with Gasteiger partial charge in [-0.3, -0.25) is 4.99 Å². The van der Waals surface area contributed by atoms with E-state index in [1.165, 1.54) is 12.1 Å². The van der Waals surface area contributed by atoms with Gasteiger partial charge in [0.25, 0.3) is 0 Å². The highest BCUT2D eigenvalue weighted by Gasteiger charge is 2.30. The van der Waals surface area contributed by atoms with Crippen molar-refractivity contribution in [2.75, 3.05) is 0 Å². The Morgan fingerprint density at radius 1 is 1.31 bits per heavy atom. The average molecular weight is 250 g/mol. The van der Waals surface area contributed by atoms with Crippen LogP contribution < -0.4 is 0 Å². The summed E-state index contributed by atoms with van der Waals surface area (Å²) < 4.78 is 37.2. The maximum absolute atomic E-state index is 12.4. The largest absolute Gasteiger partial charge is 0.416 e. The Kier molecular flexibility index (Phi) is 3.97. The number of benzene rings is 1. The molecule has 0 spiro atoms. The van der Waals surface area contributed by atoms with E-state index >= 15 is 0 Å². The van der Waals surface area contributed by atoms with E-state index in [1.54, 1.807) is 13.8 Å². The lowest BCUT2D eigenvalue weighted by Gasteiger charge is -2.08. The van der Waals surface area contributed by atoms with Gasteiger partial charge in [-0.15, -0.1) is 0 Å². The first-order chi connectivity index (χ1) is 7.30. The van der Waals surface area contributed by atoms with Crippen molar-refractivity contribution in [2.24, 2.45) is 4.99 Å². The van der Waals surface area contributed by atoms with Crippen molar-refractivity contribution in [1.82, 2.24) is 0 Å². The van der Waals surface area contributed by atoms with Gasteiger partial charge in [-0.1, -0.05) is 23.7 Å². The molecule has 88 valence electrons. The van der Waals surface area contributed by atoms with Crippen LogP contribution in [0.15, 0.2) is 29.3 Å². The van der Waals surface area contributed by atoms with Crippen molar-refractivity contribution in [2.45, 2.75) is 26.1 Å². The monoisotopic (exact) mass is 249 g/mol. The van der Waals surface area contributed by atoms with Crippen LogP contribution >= 0.6 is 11.6 Å². The standard InChI is InChI=1S/C11H11ClF3N/c1-7(2)16-10(12)8-4-3-5-9(6-8)11(13,14)15/h3-7H,1-2H3. The van der Waals surface area contributed by atoms with Crippen LogP contribution in [0.3, 0.4) is 0 Å². The van der Waals surface area contributed by atoms with Crippen LogP contribution in [0.4, 0.5) is 13.2 Å². The summed E-state index contributed by atoms with van der Waals surface area (Å²) in [7, 11) is 0. The van der Waals surface area contributed by atoms with Gasteiger partial charge in [0.15, 0.2) is 0 Å². The van der Waals surface area contributed by atoms with Crippen LogP contribution in [-0.2, 0) is 6.18 Å². The fourth-order valence-corrected chi connectivity index (χ4v) is 1.44. The third kappa shape index (κ3) is 3.52. The normalized spacial score (nSPS) is 13.3. The van der Waals surface area contributed by atoms with Gasteiger partial charge in [0.05, 0.1) is 5.56 Å². The van der Waals surface area contributed by atoms with Gasteiger partial charge >= 0.3 is 6.18 Å². The lowest BCUT2D eigenvalue weighted by atomic mass is 10.1. The van der Waals surface area contributed by atoms with Crippen molar-refractivity contribution in [3.8, 4) is 0 Å². The number of halogens is 4. The van der Waals surface area contributed by atoms with Crippen molar-refractivity contribution >= 4 is 16.8 Å². The van der Waals surface area contributed by atoms with Crippen LogP contribution in [0.25, 0.3) is 0 Å². The lowest BCUT2D eigenvalue weighted by molar-refractivity contribution is -0.137. The number of alkyl halides is 3. The summed E-state index contributed by atoms with van der Waals surface area (Å²) >= 11 is 5.81. The molecule has 1 rings (SSSR count). The smallest absolute Gasteiger partial charge is 0.270 e. The summed E-state index contributed by atoms with van der Waals surface area (Å²) in [5.74, 6) is 0. The minimum Gasteiger partial charge on any atom is -0.270 e. The fourth-order valence-electron chi connectivity index (χ4n) is 1.13. The molecule has 0 heterocycles. The molecule has 0 aliphatic rings. The molecule has 1 aromatic carbocycles. The minimum atomic E-state index is -4.36. The van der Waals surface area contributed by atoms with Gasteiger partial charge in [-0.25, -0.2) is 0 Å². The summed E-state index contributed by atoms with van der Waals surface area (Å²) in [6.07, 6.45) is -4.36. The van der Waals surface area contributed by atoms with Gasteiger partial charge in [0.1, 0.15) is 5.17 Å². The first kappa shape index (κ1) is 13.0. The second-order valence-corrected chi connectivity index (χ2v) is 3.95. The van der Waals surface area contributed by atoms with E-state index in [-0.39, 0.29) is 16.8 Å². The quantitative estimate of drug-likeness (QED) is 0.700. The summed E-state index contributed by atoms with van der Waals surface area (Å²) in [6.45, 7) is 3.60. The third-order valence-electron chi connectivity index (χ3n) is 1.80. The molecule has 0 fully saturated rings. The lowest BCUT2D eigenvalue weighted by Crippen LogP contribution is -2.06. The van der Waals surface area contributed by atoms with E-state index in [0.717, 1.165) is 12.1 Å². The van der Waals surface area contributed by atoms with Gasteiger partial charge in [0.2, 0.25) is 0 Å². The molecule has 1 aromatic rings. The van der Waals surface area contributed by atoms with Crippen molar-refractivity contribution < 1.29 is 13.2 Å². The van der Waals surface area contributed by atoms with Crippen LogP contribution in [0.2, 0.25) is 0 Å². The summed E-state index contributed by atoms with van der Waals surface area (Å²) in [4.78, 5) is 3.99. The van der Waals surface area contributed by atoms with E-state index in [2.05, 4.69) is 4.99 Å². The zero-order valence-electron chi connectivity index (χ0n) is 8.85. The molecule has 0 aliphatic carbocycles. The van der Waals surface area contributed by atoms with Gasteiger partial charge in [-0.05, 0) is 26.0 Å². The maximum Gasteiger partial charge on any atom is 0.416 e. The fraction of sp³-hybridized carbons (Fsp3) is 0.364. The second kappa shape index (κ2) is 4.87. The highest BCUT2D eigenvalue weighted by Crippen LogP contribution is 2.29. The van der Waals surface area contributed by atoms with E-state index in [4.69, 9.17) is 11.6 Å². The molecule has 0 N–H and O–H groups in total. The first-order valence-electron chi connectivity index (χ1n) is 4.71. The van der Waals surface area contributed by atoms with E-state index in [9.17, 15) is 13.2 Å². The maximum atomic E-state index is 12.4. The van der Waals surface area contributed by atoms with Crippen LogP contribution in [0.1, 0.15) is 25.0 Å². The first-order valence-corrected chi connectivity index (χ1v) is 5.09. The number of nitrogens with zero attached hydrogens (tertiary/aromatic N) is 1. The molecule has 1 nitrogen and oxygen atoms in total. The van der Waals surface area contributed by atoms with E-state index in [0.29, 0.717) is 0 Å². The second-order valence-electron chi connectivity index (χ2n) is 3.59. The molecule has 0 saturated heterocycles. The zero-order chi connectivity index (χ0) is 12.3. The molecule has 0 amide bonds. The topological polar surface area (TPSA) is 12.4 Å². The predicted molar refractivity (Wildman–Crippen MR) is 59.0 cm³/mol. The number of hydrogen-bond acceptors (Lipinski definition) is 1. The Hall–Kier alpha value is -1.03. The molecular formula is C11H11ClF3N. The highest BCUT2D eigenvalue weighted by atomic mass is 35.5. The molecule has 0 aliphatic heterocycles. The summed E-state index contributed by atoms with van der Waals surface area (Å²) in [5, 5.41) is 0.0982. The Bertz CT molecular complexity index is 396. The number of hydrogen-bond donors (Lipinski definition) is 0. The number of aliphatic imine (C=N–C) groups is 1. The Morgan fingerprint density at radius 2 is 1.94 bits per heavy atom. The van der Waals surface area contributed by atoms with Crippen molar-refractivity contribution in [1.29, 1.82) is 0 Å². The van der Waals surface area contributed by atoms with Crippen molar-refractivity contribution in [3.05, 3.63) is 35.4 Å². The molecule has 0 unspecified atom stereocenters. The van der Waals surface area contributed by atoms with E-state index in [1.807, 2.05) is 0 Å². The molecular weight excluding hydrogens is 239 g/mol. The molecule has 0 bridgehead atoms. The van der Waals surface area contributed by atoms with Crippen LogP contribution in [-0.4, -0.2) is 11.2 Å². The van der Waals surface area contributed by atoms with Crippen molar-refractivity contribution in [3.63, 3.8) is 0 Å². The molecule has 0 atom stereocenters. The summed E-state index contributed by atoms with van der Waals surface area (Å²) in [5.41, 5.74) is -0.438. The van der Waals surface area contributed by atoms with Crippen LogP contribution in [0, 0.1) is 0 Å². The highest BCUT2D eigenvalue weighted by molar-refractivity contribution is 6.69. The number of rotatable bonds is 2. The Labute approximate surface area is 97.0 Å². The third-order valence-corrected chi connectivity index (χ3v) is 2.12. The molecule has 5 heteroatoms. The Balaban J connectivity index is 3.09. The Morgan fingerprint density at radius 3 is 2.44 bits per heavy atom. The molecule has 0 saturated carbocycles. The SMILES string of the molecule is CC(C)N=C(Cl)c1cccc(C(F)(F)F)c1. The van der Waals surface area contributed by atoms with Crippen LogP contribution in [0.5, 0.6) is 0 Å². The molecule has 16 heavy (non-hydrogen) atoms. The van der Waals surface area contributed by atoms with E-state index < -0.39 is 11.7 Å². The summed E-state index contributed by atoms with van der Waals surface area (Å²) in [6, 6.07) is 4.76. The zero-order valence-corrected chi connectivity index (χ0v) is 9.60. The molecule has 0 aromatic heterocycles. The average Bonchev–Trinajstić information content (AvgIpc) is 2.15. The van der Waals surface area contributed by atoms with Gasteiger partial charge < -0.3 is 0 Å².